The van der Waals surface area contributed by atoms with Crippen molar-refractivity contribution in [3.8, 4) is 0 Å². The third-order valence-electron chi connectivity index (χ3n) is 2.68. The van der Waals surface area contributed by atoms with Crippen LogP contribution in [-0.2, 0) is 0 Å². The summed E-state index contributed by atoms with van der Waals surface area (Å²) in [7, 11) is 0. The first-order valence-electron chi connectivity index (χ1n) is 4.32. The molecule has 1 fully saturated rings. The van der Waals surface area contributed by atoms with Crippen molar-refractivity contribution >= 4 is 0 Å². The minimum atomic E-state index is 0. The van der Waals surface area contributed by atoms with Crippen LogP contribution in [0.5, 0.6) is 0 Å². The summed E-state index contributed by atoms with van der Waals surface area (Å²) < 4.78 is 0. The van der Waals surface area contributed by atoms with E-state index in [1.165, 1.54) is 32.1 Å². The predicted molar refractivity (Wildman–Crippen MR) is 44.9 cm³/mol. The van der Waals surface area contributed by atoms with Gasteiger partial charge in [-0.1, -0.05) is 36.6 Å². The molecule has 0 aromatic heterocycles. The van der Waals surface area contributed by atoms with Crippen molar-refractivity contribution in [1.29, 1.82) is 0 Å². The van der Waals surface area contributed by atoms with Crippen molar-refractivity contribution in [2.75, 3.05) is 0 Å². The fourth-order valence-corrected chi connectivity index (χ4v) is 2.06. The Labute approximate surface area is 82.4 Å². The monoisotopic (exact) mass is 142 g/mol. The summed E-state index contributed by atoms with van der Waals surface area (Å²) in [6.45, 7) is 0. The maximum Gasteiger partial charge on any atom is 1.00 e. The molecule has 2 aliphatic carbocycles. The normalized spacial score (nSPS) is 23.5. The van der Waals surface area contributed by atoms with Gasteiger partial charge in [0, 0.05) is 0 Å². The summed E-state index contributed by atoms with van der Waals surface area (Å²) in [5, 5.41) is 0. The zero-order chi connectivity index (χ0) is 6.81. The van der Waals surface area contributed by atoms with E-state index in [9.17, 15) is 0 Å². The zero-order valence-corrected chi connectivity index (χ0v) is 7.34. The van der Waals surface area contributed by atoms with E-state index in [4.69, 9.17) is 0 Å². The van der Waals surface area contributed by atoms with E-state index in [-0.39, 0.29) is 20.3 Å². The second-order valence-corrected chi connectivity index (χ2v) is 3.36. The Kier molecular flexibility index (Phi) is 3.49. The van der Waals surface area contributed by atoms with Crippen molar-refractivity contribution < 1.29 is 20.3 Å². The quantitative estimate of drug-likeness (QED) is 0.458. The molecule has 0 atom stereocenters. The summed E-state index contributed by atoms with van der Waals surface area (Å²) in [5.74, 6) is 0.954. The van der Waals surface area contributed by atoms with Crippen LogP contribution < -0.4 is 18.9 Å². The number of hydrogen-bond acceptors (Lipinski definition) is 0. The molecule has 0 aromatic carbocycles. The molecular formula is C10H15Li. The Balaban J connectivity index is 0.000000605. The Hall–Kier alpha value is 0.0774. The molecule has 0 aliphatic heterocycles. The molecule has 0 N–H and O–H groups in total. The fourth-order valence-electron chi connectivity index (χ4n) is 2.06. The van der Waals surface area contributed by atoms with Gasteiger partial charge < -0.3 is 1.43 Å². The molecule has 1 heteroatoms. The first-order valence-corrected chi connectivity index (χ1v) is 4.32. The van der Waals surface area contributed by atoms with Crippen LogP contribution in [-0.4, -0.2) is 0 Å². The van der Waals surface area contributed by atoms with E-state index in [1.54, 1.807) is 5.57 Å². The number of allylic oxidation sites excluding steroid dienone is 4. The van der Waals surface area contributed by atoms with Crippen LogP contribution in [0.15, 0.2) is 23.8 Å². The summed E-state index contributed by atoms with van der Waals surface area (Å²) in [5.41, 5.74) is 1.69. The third-order valence-corrected chi connectivity index (χ3v) is 2.68. The first kappa shape index (κ1) is 9.17. The van der Waals surface area contributed by atoms with Crippen LogP contribution in [0.3, 0.4) is 0 Å². The molecule has 0 heterocycles. The first-order chi connectivity index (χ1) is 4.97. The molecular weight excluding hydrogens is 127 g/mol. The van der Waals surface area contributed by atoms with Gasteiger partial charge in [-0.05, 0) is 25.2 Å². The summed E-state index contributed by atoms with van der Waals surface area (Å²) in [4.78, 5) is 0. The van der Waals surface area contributed by atoms with Crippen molar-refractivity contribution in [2.24, 2.45) is 5.92 Å². The van der Waals surface area contributed by atoms with E-state index < -0.39 is 0 Å². The van der Waals surface area contributed by atoms with Crippen molar-refractivity contribution in [1.82, 2.24) is 0 Å². The maximum atomic E-state index is 2.32. The third kappa shape index (κ3) is 2.01. The SMILES string of the molecule is C1=CCC(C2CCCC2)=C1.[H-].[Li+]. The second kappa shape index (κ2) is 4.19. The van der Waals surface area contributed by atoms with E-state index >= 15 is 0 Å². The molecule has 0 nitrogen and oxygen atoms in total. The van der Waals surface area contributed by atoms with E-state index in [0.29, 0.717) is 0 Å². The minimum absolute atomic E-state index is 0. The number of rotatable bonds is 1. The molecule has 2 aliphatic rings. The Morgan fingerprint density at radius 3 is 2.55 bits per heavy atom. The summed E-state index contributed by atoms with van der Waals surface area (Å²) >= 11 is 0. The molecule has 0 saturated heterocycles. The summed E-state index contributed by atoms with van der Waals surface area (Å²) in [6.07, 6.45) is 13.9. The standard InChI is InChI=1S/C10H14.Li.H/c1-2-6-9(5-1)10-7-3-4-8-10;;/h1-2,5,10H,3-4,6-8H2;;/q;+1;-1. The average molecular weight is 142 g/mol. The van der Waals surface area contributed by atoms with Crippen molar-refractivity contribution in [2.45, 2.75) is 32.1 Å². The maximum absolute atomic E-state index is 2.32. The smallest absolute Gasteiger partial charge is 1.00 e. The van der Waals surface area contributed by atoms with Gasteiger partial charge in [0.1, 0.15) is 0 Å². The molecule has 11 heavy (non-hydrogen) atoms. The van der Waals surface area contributed by atoms with Gasteiger partial charge in [0.25, 0.3) is 0 Å². The van der Waals surface area contributed by atoms with Crippen molar-refractivity contribution in [3.05, 3.63) is 23.8 Å². The van der Waals surface area contributed by atoms with Gasteiger partial charge in [-0.3, -0.25) is 0 Å². The van der Waals surface area contributed by atoms with Gasteiger partial charge >= 0.3 is 18.9 Å². The molecule has 0 bridgehead atoms. The van der Waals surface area contributed by atoms with Crippen molar-refractivity contribution in [3.63, 3.8) is 0 Å². The van der Waals surface area contributed by atoms with E-state index in [0.717, 1.165) is 5.92 Å². The minimum Gasteiger partial charge on any atom is -1.00 e. The van der Waals surface area contributed by atoms with Crippen LogP contribution in [0.25, 0.3) is 0 Å². The van der Waals surface area contributed by atoms with E-state index in [2.05, 4.69) is 18.2 Å². The van der Waals surface area contributed by atoms with Gasteiger partial charge in [-0.2, -0.15) is 0 Å². The fraction of sp³-hybridized carbons (Fsp3) is 0.600. The molecule has 56 valence electrons. The van der Waals surface area contributed by atoms with Gasteiger partial charge in [0.05, 0.1) is 0 Å². The Morgan fingerprint density at radius 1 is 1.27 bits per heavy atom. The molecule has 0 spiro atoms. The Bertz CT molecular complexity index is 178. The zero-order valence-electron chi connectivity index (χ0n) is 8.34. The van der Waals surface area contributed by atoms with Crippen LogP contribution in [0.2, 0.25) is 0 Å². The molecule has 1 saturated carbocycles. The van der Waals surface area contributed by atoms with Gasteiger partial charge in [-0.15, -0.1) is 0 Å². The van der Waals surface area contributed by atoms with E-state index in [1.807, 2.05) is 0 Å². The Morgan fingerprint density at radius 2 is 2.00 bits per heavy atom. The van der Waals surface area contributed by atoms with Gasteiger partial charge in [-0.25, -0.2) is 0 Å². The van der Waals surface area contributed by atoms with Crippen LogP contribution in [0, 0.1) is 5.92 Å². The molecule has 0 unspecified atom stereocenters. The second-order valence-electron chi connectivity index (χ2n) is 3.36. The van der Waals surface area contributed by atoms with Crippen LogP contribution in [0.4, 0.5) is 0 Å². The molecule has 0 aromatic rings. The number of hydrogen-bond donors (Lipinski definition) is 0. The van der Waals surface area contributed by atoms with Crippen LogP contribution in [0.1, 0.15) is 33.5 Å². The predicted octanol–water partition coefficient (Wildman–Crippen LogP) is 0.179. The van der Waals surface area contributed by atoms with Gasteiger partial charge in [0.15, 0.2) is 0 Å². The summed E-state index contributed by atoms with van der Waals surface area (Å²) in [6, 6.07) is 0. The topological polar surface area (TPSA) is 0 Å². The van der Waals surface area contributed by atoms with Crippen LogP contribution >= 0.6 is 0 Å². The molecule has 0 amide bonds. The average Bonchev–Trinajstić information content (AvgIpc) is 2.59. The largest absolute Gasteiger partial charge is 1.00 e. The molecule has 2 rings (SSSR count). The van der Waals surface area contributed by atoms with Gasteiger partial charge in [0.2, 0.25) is 0 Å². The molecule has 0 radical (unpaired) electrons.